The molecule has 1 aliphatic carbocycles. The van der Waals surface area contributed by atoms with E-state index >= 15 is 0 Å². The molecule has 156 valence electrons. The van der Waals surface area contributed by atoms with Gasteiger partial charge in [0.2, 0.25) is 0 Å². The molecule has 3 aromatic rings. The molecule has 1 aliphatic rings. The van der Waals surface area contributed by atoms with Gasteiger partial charge in [0, 0.05) is 6.08 Å². The zero-order valence-corrected chi connectivity index (χ0v) is 17.1. The predicted octanol–water partition coefficient (Wildman–Crippen LogP) is 5.01. The molecule has 1 unspecified atom stereocenters. The quantitative estimate of drug-likeness (QED) is 0.273. The summed E-state index contributed by atoms with van der Waals surface area (Å²) < 4.78 is 10.5. The normalized spacial score (nSPS) is 12.5. The molecule has 31 heavy (non-hydrogen) atoms. The lowest BCUT2D eigenvalue weighted by molar-refractivity contribution is -0.128. The number of carbonyl (C=O) groups excluding carboxylic acids is 2. The molecule has 4 rings (SSSR count). The summed E-state index contributed by atoms with van der Waals surface area (Å²) in [5, 5.41) is 10.1. The number of carbonyl (C=O) groups is 2. The van der Waals surface area contributed by atoms with Crippen molar-refractivity contribution in [3.05, 3.63) is 95.6 Å². The largest absolute Gasteiger partial charge is 0.423 e. The molecule has 0 fully saturated rings. The Bertz CT molecular complexity index is 1160. The van der Waals surface area contributed by atoms with E-state index in [1.807, 2.05) is 37.3 Å². The van der Waals surface area contributed by atoms with E-state index in [4.69, 9.17) is 9.47 Å². The highest BCUT2D eigenvalue weighted by Gasteiger charge is 2.22. The number of fused-ring (bicyclic) bond motifs is 3. The Morgan fingerprint density at radius 2 is 1.58 bits per heavy atom. The minimum absolute atomic E-state index is 0.340. The van der Waals surface area contributed by atoms with Crippen LogP contribution in [0.2, 0.25) is 0 Å². The molecule has 1 atom stereocenters. The van der Waals surface area contributed by atoms with Gasteiger partial charge in [0.25, 0.3) is 0 Å². The van der Waals surface area contributed by atoms with Crippen molar-refractivity contribution in [3.63, 3.8) is 0 Å². The molecule has 0 bridgehead atoms. The van der Waals surface area contributed by atoms with Gasteiger partial charge in [-0.25, -0.2) is 9.59 Å². The average molecular weight is 414 g/mol. The number of aliphatic hydroxyl groups excluding tert-OH is 1. The Labute approximate surface area is 180 Å². The lowest BCUT2D eigenvalue weighted by Crippen LogP contribution is -2.09. The first-order valence-electron chi connectivity index (χ1n) is 10.1. The van der Waals surface area contributed by atoms with Crippen LogP contribution in [-0.2, 0) is 11.2 Å². The van der Waals surface area contributed by atoms with Gasteiger partial charge in [-0.1, -0.05) is 37.8 Å². The van der Waals surface area contributed by atoms with E-state index in [2.05, 4.69) is 6.58 Å². The molecule has 0 radical (unpaired) electrons. The number of esters is 2. The SMILES string of the molecule is C=CC(=O)Oc1ccc(OC(=O)c2ccc3c(c2)Cc2cc(C(O)CC)ccc2-3)cc1. The van der Waals surface area contributed by atoms with Crippen LogP contribution in [-0.4, -0.2) is 17.0 Å². The summed E-state index contributed by atoms with van der Waals surface area (Å²) in [4.78, 5) is 23.9. The fraction of sp³-hybridized carbons (Fsp3) is 0.154. The van der Waals surface area contributed by atoms with Gasteiger partial charge in [0.1, 0.15) is 11.5 Å². The van der Waals surface area contributed by atoms with Gasteiger partial charge in [-0.3, -0.25) is 0 Å². The van der Waals surface area contributed by atoms with Gasteiger partial charge in [-0.15, -0.1) is 0 Å². The molecule has 3 aromatic carbocycles. The third-order valence-electron chi connectivity index (χ3n) is 5.33. The van der Waals surface area contributed by atoms with Crippen molar-refractivity contribution in [1.82, 2.24) is 0 Å². The molecular formula is C26H22O5. The molecule has 0 saturated heterocycles. The van der Waals surface area contributed by atoms with Crippen molar-refractivity contribution < 1.29 is 24.2 Å². The molecule has 5 nitrogen and oxygen atoms in total. The maximum absolute atomic E-state index is 12.6. The minimum atomic E-state index is -0.555. The Hall–Kier alpha value is -3.70. The predicted molar refractivity (Wildman–Crippen MR) is 117 cm³/mol. The summed E-state index contributed by atoms with van der Waals surface area (Å²) in [6, 6.07) is 17.8. The van der Waals surface area contributed by atoms with Crippen LogP contribution in [0.25, 0.3) is 11.1 Å². The summed E-state index contributed by atoms with van der Waals surface area (Å²) in [7, 11) is 0. The topological polar surface area (TPSA) is 72.8 Å². The fourth-order valence-electron chi connectivity index (χ4n) is 3.70. The summed E-state index contributed by atoms with van der Waals surface area (Å²) in [6.07, 6.45) is 1.98. The number of rotatable bonds is 6. The first-order chi connectivity index (χ1) is 15.0. The van der Waals surface area contributed by atoms with E-state index in [-0.39, 0.29) is 0 Å². The van der Waals surface area contributed by atoms with Crippen LogP contribution in [0, 0.1) is 0 Å². The molecule has 1 N–H and O–H groups in total. The molecular weight excluding hydrogens is 392 g/mol. The second kappa shape index (κ2) is 8.58. The molecule has 0 amide bonds. The maximum Gasteiger partial charge on any atom is 0.343 e. The maximum atomic E-state index is 12.6. The second-order valence-electron chi connectivity index (χ2n) is 7.38. The van der Waals surface area contributed by atoms with Crippen molar-refractivity contribution in [2.75, 3.05) is 0 Å². The Balaban J connectivity index is 1.48. The molecule has 0 aromatic heterocycles. The third-order valence-corrected chi connectivity index (χ3v) is 5.33. The van der Waals surface area contributed by atoms with Gasteiger partial charge in [-0.05, 0) is 77.1 Å². The Kier molecular flexibility index (Phi) is 5.69. The van der Waals surface area contributed by atoms with Crippen molar-refractivity contribution in [1.29, 1.82) is 0 Å². The first kappa shape index (κ1) is 20.6. The zero-order valence-electron chi connectivity index (χ0n) is 17.1. The highest BCUT2D eigenvalue weighted by atomic mass is 16.5. The van der Waals surface area contributed by atoms with E-state index in [0.29, 0.717) is 29.9 Å². The smallest absolute Gasteiger partial charge is 0.343 e. The molecule has 0 saturated carbocycles. The van der Waals surface area contributed by atoms with Crippen LogP contribution in [0.5, 0.6) is 11.5 Å². The summed E-state index contributed by atoms with van der Waals surface area (Å²) in [6.45, 7) is 5.30. The lowest BCUT2D eigenvalue weighted by Gasteiger charge is -2.10. The zero-order chi connectivity index (χ0) is 22.0. The van der Waals surface area contributed by atoms with Crippen molar-refractivity contribution >= 4 is 11.9 Å². The van der Waals surface area contributed by atoms with Crippen LogP contribution in [0.1, 0.15) is 46.5 Å². The third kappa shape index (κ3) is 4.27. The van der Waals surface area contributed by atoms with Crippen molar-refractivity contribution in [3.8, 4) is 22.6 Å². The van der Waals surface area contributed by atoms with Crippen LogP contribution >= 0.6 is 0 Å². The molecule has 0 heterocycles. The number of ether oxygens (including phenoxy) is 2. The van der Waals surface area contributed by atoms with E-state index in [9.17, 15) is 14.7 Å². The monoisotopic (exact) mass is 414 g/mol. The number of hydrogen-bond donors (Lipinski definition) is 1. The Morgan fingerprint density at radius 3 is 2.23 bits per heavy atom. The van der Waals surface area contributed by atoms with E-state index < -0.39 is 18.0 Å². The fourth-order valence-corrected chi connectivity index (χ4v) is 3.70. The first-order valence-corrected chi connectivity index (χ1v) is 10.1. The van der Waals surface area contributed by atoms with Gasteiger partial charge < -0.3 is 14.6 Å². The molecule has 0 aliphatic heterocycles. The van der Waals surface area contributed by atoms with Crippen LogP contribution in [0.3, 0.4) is 0 Å². The van der Waals surface area contributed by atoms with E-state index in [1.54, 1.807) is 30.3 Å². The van der Waals surface area contributed by atoms with Crippen LogP contribution < -0.4 is 9.47 Å². The van der Waals surface area contributed by atoms with Gasteiger partial charge in [-0.2, -0.15) is 0 Å². The van der Waals surface area contributed by atoms with Crippen molar-refractivity contribution in [2.24, 2.45) is 0 Å². The molecule has 5 heteroatoms. The van der Waals surface area contributed by atoms with Gasteiger partial charge in [0.05, 0.1) is 11.7 Å². The number of hydrogen-bond acceptors (Lipinski definition) is 5. The second-order valence-corrected chi connectivity index (χ2v) is 7.38. The van der Waals surface area contributed by atoms with Gasteiger partial charge in [0.15, 0.2) is 0 Å². The number of aliphatic hydroxyl groups is 1. The highest BCUT2D eigenvalue weighted by Crippen LogP contribution is 2.38. The lowest BCUT2D eigenvalue weighted by atomic mass is 9.99. The standard InChI is InChI=1S/C26H22O5/c1-3-24(27)16-5-11-22-18(13-16)15-19-14-17(6-12-23(19)22)26(29)31-21-9-7-20(8-10-21)30-25(28)4-2/h4-14,24,27H,2-3,15H2,1H3. The summed E-state index contributed by atoms with van der Waals surface area (Å²) in [5.41, 5.74) is 5.80. The summed E-state index contributed by atoms with van der Waals surface area (Å²) >= 11 is 0. The van der Waals surface area contributed by atoms with Crippen molar-refractivity contribution in [2.45, 2.75) is 25.9 Å². The van der Waals surface area contributed by atoms with Crippen LogP contribution in [0.4, 0.5) is 0 Å². The average Bonchev–Trinajstić information content (AvgIpc) is 3.16. The Morgan fingerprint density at radius 1 is 0.968 bits per heavy atom. The van der Waals surface area contributed by atoms with Gasteiger partial charge >= 0.3 is 11.9 Å². The van der Waals surface area contributed by atoms with E-state index in [1.165, 1.54) is 0 Å². The number of benzene rings is 3. The molecule has 0 spiro atoms. The van der Waals surface area contributed by atoms with Crippen LogP contribution in [0.15, 0.2) is 73.3 Å². The van der Waals surface area contributed by atoms with E-state index in [0.717, 1.165) is 33.9 Å². The highest BCUT2D eigenvalue weighted by molar-refractivity contribution is 5.93. The minimum Gasteiger partial charge on any atom is -0.423 e. The summed E-state index contributed by atoms with van der Waals surface area (Å²) in [5.74, 6) is -0.324.